The smallest absolute Gasteiger partial charge is 0.141 e. The summed E-state index contributed by atoms with van der Waals surface area (Å²) in [7, 11) is 0. The summed E-state index contributed by atoms with van der Waals surface area (Å²) in [5.41, 5.74) is 3.30. The first kappa shape index (κ1) is 14.3. The van der Waals surface area contributed by atoms with E-state index in [0.29, 0.717) is 6.54 Å². The molecule has 1 N–H and O–H groups in total. The maximum atomic E-state index is 13.0. The number of hydrogen-bond donors (Lipinski definition) is 1. The summed E-state index contributed by atoms with van der Waals surface area (Å²) in [5.74, 6) is -0.390. The molecule has 0 radical (unpaired) electrons. The van der Waals surface area contributed by atoms with Crippen molar-refractivity contribution in [3.05, 3.63) is 69.0 Å². The second-order valence-corrected chi connectivity index (χ2v) is 5.27. The highest BCUT2D eigenvalue weighted by Gasteiger charge is 2.02. The number of hydrogen-bond acceptors (Lipinski definition) is 1. The summed E-state index contributed by atoms with van der Waals surface area (Å²) in [6.45, 7) is 3.40. The third-order valence-corrected chi connectivity index (χ3v) is 3.46. The summed E-state index contributed by atoms with van der Waals surface area (Å²) in [6.07, 6.45) is 0. The molecular weight excluding hydrogens is 284 g/mol. The summed E-state index contributed by atoms with van der Waals surface area (Å²) < 4.78 is 13.0. The van der Waals surface area contributed by atoms with E-state index in [0.717, 1.165) is 22.7 Å². The van der Waals surface area contributed by atoms with Gasteiger partial charge in [0.2, 0.25) is 0 Å². The molecule has 0 aliphatic heterocycles. The molecule has 0 spiro atoms. The van der Waals surface area contributed by atoms with Gasteiger partial charge in [0.05, 0.1) is 5.02 Å². The van der Waals surface area contributed by atoms with Gasteiger partial charge >= 0.3 is 0 Å². The Hall–Kier alpha value is -1.09. The summed E-state index contributed by atoms with van der Waals surface area (Å²) in [5, 5.41) is 4.20. The van der Waals surface area contributed by atoms with Crippen LogP contribution in [0.2, 0.25) is 10.0 Å². The third-order valence-electron chi connectivity index (χ3n) is 2.93. The monoisotopic (exact) mass is 297 g/mol. The van der Waals surface area contributed by atoms with Crippen LogP contribution < -0.4 is 5.32 Å². The fourth-order valence-electron chi connectivity index (χ4n) is 1.85. The lowest BCUT2D eigenvalue weighted by atomic mass is 10.1. The fraction of sp³-hybridized carbons (Fsp3) is 0.200. The van der Waals surface area contributed by atoms with Crippen LogP contribution in [0.3, 0.4) is 0 Å². The van der Waals surface area contributed by atoms with Gasteiger partial charge in [0, 0.05) is 18.1 Å². The van der Waals surface area contributed by atoms with Crippen LogP contribution in [0, 0.1) is 12.7 Å². The van der Waals surface area contributed by atoms with Gasteiger partial charge in [-0.15, -0.1) is 0 Å². The van der Waals surface area contributed by atoms with Crippen LogP contribution in [0.5, 0.6) is 0 Å². The van der Waals surface area contributed by atoms with Crippen LogP contribution >= 0.6 is 23.2 Å². The van der Waals surface area contributed by atoms with Gasteiger partial charge in [-0.2, -0.15) is 0 Å². The molecule has 2 aromatic carbocycles. The van der Waals surface area contributed by atoms with Crippen molar-refractivity contribution in [3.8, 4) is 0 Å². The van der Waals surface area contributed by atoms with Crippen molar-refractivity contribution >= 4 is 23.2 Å². The molecule has 2 aromatic rings. The lowest BCUT2D eigenvalue weighted by molar-refractivity contribution is 0.625. The SMILES string of the molecule is Cc1cc(Cl)ccc1CNCc1ccc(F)c(Cl)c1. The minimum Gasteiger partial charge on any atom is -0.309 e. The van der Waals surface area contributed by atoms with Crippen molar-refractivity contribution in [1.82, 2.24) is 5.32 Å². The topological polar surface area (TPSA) is 12.0 Å². The van der Waals surface area contributed by atoms with Crippen molar-refractivity contribution in [2.45, 2.75) is 20.0 Å². The van der Waals surface area contributed by atoms with Gasteiger partial charge in [0.25, 0.3) is 0 Å². The summed E-state index contributed by atoms with van der Waals surface area (Å²) >= 11 is 11.6. The van der Waals surface area contributed by atoms with Crippen molar-refractivity contribution in [2.24, 2.45) is 0 Å². The molecular formula is C15H14Cl2FN. The Kier molecular flexibility index (Phi) is 4.81. The van der Waals surface area contributed by atoms with Crippen LogP contribution in [0.15, 0.2) is 36.4 Å². The molecule has 0 atom stereocenters. The molecule has 19 heavy (non-hydrogen) atoms. The van der Waals surface area contributed by atoms with E-state index in [-0.39, 0.29) is 10.8 Å². The minimum absolute atomic E-state index is 0.155. The molecule has 4 heteroatoms. The maximum Gasteiger partial charge on any atom is 0.141 e. The predicted octanol–water partition coefficient (Wildman–Crippen LogP) is 4.73. The first-order valence-corrected chi connectivity index (χ1v) is 6.71. The molecule has 0 heterocycles. The third kappa shape index (κ3) is 3.93. The van der Waals surface area contributed by atoms with Gasteiger partial charge in [-0.3, -0.25) is 0 Å². The first-order valence-electron chi connectivity index (χ1n) is 5.96. The van der Waals surface area contributed by atoms with E-state index < -0.39 is 0 Å². The molecule has 0 fully saturated rings. The minimum atomic E-state index is -0.390. The van der Waals surface area contributed by atoms with Crippen molar-refractivity contribution in [3.63, 3.8) is 0 Å². The molecule has 0 saturated carbocycles. The Morgan fingerprint density at radius 3 is 2.53 bits per heavy atom. The van der Waals surface area contributed by atoms with Crippen molar-refractivity contribution in [1.29, 1.82) is 0 Å². The van der Waals surface area contributed by atoms with Crippen LogP contribution in [-0.4, -0.2) is 0 Å². The lowest BCUT2D eigenvalue weighted by Gasteiger charge is -2.08. The second kappa shape index (κ2) is 6.38. The summed E-state index contributed by atoms with van der Waals surface area (Å²) in [6, 6.07) is 10.6. The molecule has 0 saturated heterocycles. The number of benzene rings is 2. The van der Waals surface area contributed by atoms with Gasteiger partial charge in [-0.1, -0.05) is 35.3 Å². The number of rotatable bonds is 4. The van der Waals surface area contributed by atoms with Crippen molar-refractivity contribution in [2.75, 3.05) is 0 Å². The second-order valence-electron chi connectivity index (χ2n) is 4.42. The first-order chi connectivity index (χ1) is 9.06. The van der Waals surface area contributed by atoms with Crippen molar-refractivity contribution < 1.29 is 4.39 Å². The van der Waals surface area contributed by atoms with E-state index in [1.165, 1.54) is 11.6 Å². The normalized spacial score (nSPS) is 10.7. The van der Waals surface area contributed by atoms with Gasteiger partial charge < -0.3 is 5.32 Å². The predicted molar refractivity (Wildman–Crippen MR) is 78.1 cm³/mol. The number of aryl methyl sites for hydroxylation is 1. The van der Waals surface area contributed by atoms with Crippen LogP contribution in [-0.2, 0) is 13.1 Å². The molecule has 1 nitrogen and oxygen atoms in total. The highest BCUT2D eigenvalue weighted by atomic mass is 35.5. The van der Waals surface area contributed by atoms with Crippen LogP contribution in [0.4, 0.5) is 4.39 Å². The number of halogens is 3. The average molecular weight is 298 g/mol. The molecule has 2 rings (SSSR count). The highest BCUT2D eigenvalue weighted by Crippen LogP contribution is 2.17. The fourth-order valence-corrected chi connectivity index (χ4v) is 2.28. The maximum absolute atomic E-state index is 13.0. The van der Waals surface area contributed by atoms with E-state index in [2.05, 4.69) is 5.32 Å². The molecule has 0 aliphatic carbocycles. The molecule has 0 unspecified atom stereocenters. The van der Waals surface area contributed by atoms with Crippen LogP contribution in [0.25, 0.3) is 0 Å². The van der Waals surface area contributed by atoms with E-state index in [1.54, 1.807) is 12.1 Å². The van der Waals surface area contributed by atoms with Gasteiger partial charge in [0.15, 0.2) is 0 Å². The van der Waals surface area contributed by atoms with Gasteiger partial charge in [-0.05, 0) is 47.9 Å². The Morgan fingerprint density at radius 1 is 1.05 bits per heavy atom. The largest absolute Gasteiger partial charge is 0.309 e. The zero-order chi connectivity index (χ0) is 13.8. The van der Waals surface area contributed by atoms with Crippen LogP contribution in [0.1, 0.15) is 16.7 Å². The zero-order valence-corrected chi connectivity index (χ0v) is 12.0. The van der Waals surface area contributed by atoms with E-state index in [1.807, 2.05) is 25.1 Å². The summed E-state index contributed by atoms with van der Waals surface area (Å²) in [4.78, 5) is 0. The van der Waals surface area contributed by atoms with Gasteiger partial charge in [0.1, 0.15) is 5.82 Å². The Labute approximate surface area is 122 Å². The zero-order valence-electron chi connectivity index (χ0n) is 10.5. The van der Waals surface area contributed by atoms with E-state index >= 15 is 0 Å². The molecule has 0 aliphatic rings. The lowest BCUT2D eigenvalue weighted by Crippen LogP contribution is -2.13. The highest BCUT2D eigenvalue weighted by molar-refractivity contribution is 6.31. The molecule has 100 valence electrons. The Bertz CT molecular complexity index is 584. The number of nitrogens with one attached hydrogen (secondary N) is 1. The quantitative estimate of drug-likeness (QED) is 0.860. The average Bonchev–Trinajstić information content (AvgIpc) is 2.36. The Balaban J connectivity index is 1.94. The Morgan fingerprint density at radius 2 is 1.84 bits per heavy atom. The molecule has 0 aromatic heterocycles. The standard InChI is InChI=1S/C15H14Cl2FN/c1-10-6-13(16)4-3-12(10)9-19-8-11-2-5-15(18)14(17)7-11/h2-7,19H,8-9H2,1H3. The molecule has 0 amide bonds. The van der Waals surface area contributed by atoms with Gasteiger partial charge in [-0.25, -0.2) is 4.39 Å². The van der Waals surface area contributed by atoms with E-state index in [9.17, 15) is 4.39 Å². The van der Waals surface area contributed by atoms with E-state index in [4.69, 9.17) is 23.2 Å². The molecule has 0 bridgehead atoms.